The molecule has 0 aliphatic heterocycles. The lowest BCUT2D eigenvalue weighted by Gasteiger charge is -2.06. The predicted octanol–water partition coefficient (Wildman–Crippen LogP) is 4.47. The van der Waals surface area contributed by atoms with Gasteiger partial charge in [0.15, 0.2) is 11.5 Å². The third-order valence-electron chi connectivity index (χ3n) is 3.38. The Kier molecular flexibility index (Phi) is 6.03. The van der Waals surface area contributed by atoms with E-state index in [2.05, 4.69) is 15.3 Å². The van der Waals surface area contributed by atoms with Gasteiger partial charge >= 0.3 is 0 Å². The fourth-order valence-electron chi connectivity index (χ4n) is 2.07. The van der Waals surface area contributed by atoms with Gasteiger partial charge in [0.25, 0.3) is 0 Å². The summed E-state index contributed by atoms with van der Waals surface area (Å²) in [5.74, 6) is 0.888. The Hall–Kier alpha value is -2.22. The van der Waals surface area contributed by atoms with Gasteiger partial charge in [-0.15, -0.1) is 10.2 Å². The fraction of sp³-hybridized carbons (Fsp3) is 0.118. The average Bonchev–Trinajstić information content (AvgIpc) is 3.09. The van der Waals surface area contributed by atoms with Gasteiger partial charge in [0, 0.05) is 10.8 Å². The largest absolute Gasteiger partial charge is 0.503 e. The van der Waals surface area contributed by atoms with Crippen LogP contribution >= 0.6 is 35.0 Å². The van der Waals surface area contributed by atoms with E-state index < -0.39 is 0 Å². The van der Waals surface area contributed by atoms with Crippen molar-refractivity contribution < 1.29 is 9.84 Å². The molecule has 1 heterocycles. The van der Waals surface area contributed by atoms with E-state index in [4.69, 9.17) is 27.9 Å². The van der Waals surface area contributed by atoms with Gasteiger partial charge in [-0.1, -0.05) is 47.1 Å². The highest BCUT2D eigenvalue weighted by atomic mass is 35.5. The predicted molar refractivity (Wildman–Crippen MR) is 104 cm³/mol. The number of aromatic hydroxyl groups is 1. The molecule has 0 amide bonds. The van der Waals surface area contributed by atoms with E-state index in [1.807, 2.05) is 24.3 Å². The van der Waals surface area contributed by atoms with Crippen LogP contribution in [0.3, 0.4) is 0 Å². The molecule has 3 aromatic rings. The second kappa shape index (κ2) is 8.44. The second-order valence-electron chi connectivity index (χ2n) is 5.17. The molecule has 0 spiro atoms. The van der Waals surface area contributed by atoms with Gasteiger partial charge < -0.3 is 9.84 Å². The lowest BCUT2D eigenvalue weighted by atomic mass is 10.2. The molecule has 0 bridgehead atoms. The van der Waals surface area contributed by atoms with Crippen LogP contribution in [0.15, 0.2) is 53.0 Å². The summed E-state index contributed by atoms with van der Waals surface area (Å²) in [6.45, 7) is 0. The molecule has 2 aromatic carbocycles. The summed E-state index contributed by atoms with van der Waals surface area (Å²) in [6.07, 6.45) is 3.10. The monoisotopic (exact) mass is 408 g/mol. The Labute approximate surface area is 164 Å². The van der Waals surface area contributed by atoms with Crippen molar-refractivity contribution in [2.75, 3.05) is 7.11 Å². The molecular formula is C17H14Cl2N4O2S. The quantitative estimate of drug-likeness (QED) is 0.480. The van der Waals surface area contributed by atoms with Gasteiger partial charge in [-0.25, -0.2) is 0 Å². The topological polar surface area (TPSA) is 72.5 Å². The lowest BCUT2D eigenvalue weighted by molar-refractivity contribution is 0.373. The van der Waals surface area contributed by atoms with Gasteiger partial charge in [-0.3, -0.25) is 0 Å². The molecule has 0 saturated heterocycles. The van der Waals surface area contributed by atoms with Gasteiger partial charge in [0.2, 0.25) is 5.16 Å². The van der Waals surface area contributed by atoms with E-state index in [-0.39, 0.29) is 16.5 Å². The summed E-state index contributed by atoms with van der Waals surface area (Å²) < 4.78 is 6.65. The SMILES string of the molecule is COc1cc(/C=N/n2cnnc2SCc2ccc(Cl)cc2)cc(Cl)c1O. The van der Waals surface area contributed by atoms with Crippen LogP contribution in [0.2, 0.25) is 10.0 Å². The van der Waals surface area contributed by atoms with Crippen molar-refractivity contribution in [3.63, 3.8) is 0 Å². The van der Waals surface area contributed by atoms with Crippen molar-refractivity contribution in [2.45, 2.75) is 10.9 Å². The minimum absolute atomic E-state index is 0.102. The van der Waals surface area contributed by atoms with Crippen LogP contribution in [0.25, 0.3) is 0 Å². The molecule has 26 heavy (non-hydrogen) atoms. The number of ether oxygens (including phenoxy) is 1. The Bertz CT molecular complexity index is 929. The first-order valence-corrected chi connectivity index (χ1v) is 9.19. The molecule has 0 unspecified atom stereocenters. The number of aromatic nitrogens is 3. The third kappa shape index (κ3) is 4.49. The van der Waals surface area contributed by atoms with Crippen LogP contribution in [0.1, 0.15) is 11.1 Å². The summed E-state index contributed by atoms with van der Waals surface area (Å²) in [5, 5.41) is 23.6. The van der Waals surface area contributed by atoms with Crippen LogP contribution < -0.4 is 4.74 Å². The first-order chi connectivity index (χ1) is 12.6. The van der Waals surface area contributed by atoms with Crippen molar-refractivity contribution in [2.24, 2.45) is 5.10 Å². The van der Waals surface area contributed by atoms with Gasteiger partial charge in [0.05, 0.1) is 18.3 Å². The molecule has 1 aromatic heterocycles. The minimum atomic E-state index is -0.102. The van der Waals surface area contributed by atoms with Crippen LogP contribution in [-0.4, -0.2) is 33.3 Å². The van der Waals surface area contributed by atoms with Crippen molar-refractivity contribution in [3.8, 4) is 11.5 Å². The van der Waals surface area contributed by atoms with Crippen LogP contribution in [0.5, 0.6) is 11.5 Å². The Balaban J connectivity index is 1.73. The van der Waals surface area contributed by atoms with Gasteiger partial charge in [-0.05, 0) is 35.4 Å². The summed E-state index contributed by atoms with van der Waals surface area (Å²) in [4.78, 5) is 0. The normalized spacial score (nSPS) is 11.2. The zero-order valence-corrected chi connectivity index (χ0v) is 16.0. The molecular weight excluding hydrogens is 395 g/mol. The lowest BCUT2D eigenvalue weighted by Crippen LogP contribution is -1.94. The number of thioether (sulfide) groups is 1. The van der Waals surface area contributed by atoms with Gasteiger partial charge in [-0.2, -0.15) is 9.78 Å². The molecule has 0 aliphatic carbocycles. The molecule has 3 rings (SSSR count). The Morgan fingerprint density at radius 3 is 2.77 bits per heavy atom. The maximum atomic E-state index is 9.78. The number of hydrogen-bond acceptors (Lipinski definition) is 6. The average molecular weight is 409 g/mol. The zero-order valence-electron chi connectivity index (χ0n) is 13.6. The van der Waals surface area contributed by atoms with E-state index in [1.165, 1.54) is 25.2 Å². The first kappa shape index (κ1) is 18.6. The highest BCUT2D eigenvalue weighted by Gasteiger charge is 2.09. The molecule has 0 atom stereocenters. The van der Waals surface area contributed by atoms with Crippen molar-refractivity contribution in [1.82, 2.24) is 14.9 Å². The van der Waals surface area contributed by atoms with Crippen molar-refractivity contribution in [1.29, 1.82) is 0 Å². The number of methoxy groups -OCH3 is 1. The molecule has 1 N–H and O–H groups in total. The first-order valence-electron chi connectivity index (χ1n) is 7.45. The summed E-state index contributed by atoms with van der Waals surface area (Å²) in [6, 6.07) is 10.8. The molecule has 0 radical (unpaired) electrons. The van der Waals surface area contributed by atoms with Crippen LogP contribution in [0, 0.1) is 0 Å². The minimum Gasteiger partial charge on any atom is -0.503 e. The molecule has 0 saturated carbocycles. The summed E-state index contributed by atoms with van der Waals surface area (Å²) in [5.41, 5.74) is 1.79. The van der Waals surface area contributed by atoms with Crippen LogP contribution in [0.4, 0.5) is 0 Å². The molecule has 134 valence electrons. The van der Waals surface area contributed by atoms with E-state index in [0.717, 1.165) is 5.56 Å². The van der Waals surface area contributed by atoms with Crippen molar-refractivity contribution >= 4 is 41.2 Å². The number of hydrogen-bond donors (Lipinski definition) is 1. The number of nitrogens with zero attached hydrogens (tertiary/aromatic N) is 4. The number of halogens is 2. The highest BCUT2D eigenvalue weighted by Crippen LogP contribution is 2.34. The maximum Gasteiger partial charge on any atom is 0.212 e. The van der Waals surface area contributed by atoms with Gasteiger partial charge in [0.1, 0.15) is 6.33 Å². The van der Waals surface area contributed by atoms with E-state index in [9.17, 15) is 5.11 Å². The fourth-order valence-corrected chi connectivity index (χ4v) is 3.24. The molecule has 0 fully saturated rings. The van der Waals surface area contributed by atoms with E-state index in [1.54, 1.807) is 23.0 Å². The Morgan fingerprint density at radius 2 is 2.04 bits per heavy atom. The summed E-state index contributed by atoms with van der Waals surface area (Å²) >= 11 is 13.4. The molecule has 6 nitrogen and oxygen atoms in total. The van der Waals surface area contributed by atoms with Crippen molar-refractivity contribution in [3.05, 3.63) is 63.9 Å². The number of phenols is 1. The number of rotatable bonds is 6. The molecule has 9 heteroatoms. The zero-order chi connectivity index (χ0) is 18.5. The number of phenolic OH excluding ortho intramolecular Hbond substituents is 1. The molecule has 0 aliphatic rings. The second-order valence-corrected chi connectivity index (χ2v) is 6.96. The highest BCUT2D eigenvalue weighted by molar-refractivity contribution is 7.98. The van der Waals surface area contributed by atoms with Crippen LogP contribution in [-0.2, 0) is 5.75 Å². The number of benzene rings is 2. The third-order valence-corrected chi connectivity index (χ3v) is 4.93. The van der Waals surface area contributed by atoms with E-state index >= 15 is 0 Å². The Morgan fingerprint density at radius 1 is 1.27 bits per heavy atom. The smallest absolute Gasteiger partial charge is 0.212 e. The summed E-state index contributed by atoms with van der Waals surface area (Å²) in [7, 11) is 1.46. The maximum absolute atomic E-state index is 9.78. The standard InChI is InChI=1S/C17H14Cl2N4O2S/c1-25-15-7-12(6-14(19)16(15)24)8-21-23-10-20-22-17(23)26-9-11-2-4-13(18)5-3-11/h2-8,10,24H,9H2,1H3/b21-8+. The van der Waals surface area contributed by atoms with E-state index in [0.29, 0.717) is 21.5 Å².